The van der Waals surface area contributed by atoms with Crippen LogP contribution < -0.4 is 0 Å². The first-order chi connectivity index (χ1) is 15.2. The largest absolute Gasteiger partial charge is 0.413 e. The van der Waals surface area contributed by atoms with Crippen LogP contribution in [0.1, 0.15) is 87.0 Å². The number of rotatable bonds is 2. The quantitative estimate of drug-likeness (QED) is 0.335. The van der Waals surface area contributed by atoms with Crippen molar-refractivity contribution in [2.24, 2.45) is 34.5 Å². The standard InChI is InChI=1S/C28H48O4Si/c1-25(2,3)33(8,9)32-19-11-10-16-20-17(12-14-27(16,19)6)28(7)15-13-18-22(29-18)21(28)24-23(20)30-26(4,5)31-24/h16-24H,10-15H2,1-9H3/t16?,17?,18-,19+,20?,21?,22-,23-,24-,27+,28-/m1/s1. The Morgan fingerprint density at radius 1 is 0.788 bits per heavy atom. The van der Waals surface area contributed by atoms with Crippen molar-refractivity contribution in [3.05, 3.63) is 0 Å². The van der Waals surface area contributed by atoms with Crippen LogP contribution in [0, 0.1) is 34.5 Å². The van der Waals surface area contributed by atoms with Crippen LogP contribution in [0.25, 0.3) is 0 Å². The first-order valence-electron chi connectivity index (χ1n) is 13.9. The molecule has 0 aromatic rings. The molecular formula is C28H48O4Si. The Bertz CT molecular complexity index is 819. The monoisotopic (exact) mass is 476 g/mol. The van der Waals surface area contributed by atoms with Gasteiger partial charge in [-0.3, -0.25) is 0 Å². The molecule has 0 aromatic carbocycles. The third-order valence-corrected chi connectivity index (χ3v) is 16.4. The number of hydrogen-bond acceptors (Lipinski definition) is 4. The van der Waals surface area contributed by atoms with Gasteiger partial charge >= 0.3 is 0 Å². The second kappa shape index (κ2) is 6.88. The maximum absolute atomic E-state index is 7.17. The van der Waals surface area contributed by atoms with Crippen LogP contribution in [0.3, 0.4) is 0 Å². The summed E-state index contributed by atoms with van der Waals surface area (Å²) in [5.41, 5.74) is 0.570. The van der Waals surface area contributed by atoms with E-state index in [9.17, 15) is 0 Å². The fourth-order valence-electron chi connectivity index (χ4n) is 9.19. The highest BCUT2D eigenvalue weighted by molar-refractivity contribution is 6.74. The zero-order valence-corrected chi connectivity index (χ0v) is 23.6. The second-order valence-electron chi connectivity index (χ2n) is 15.1. The fraction of sp³-hybridized carbons (Fsp3) is 1.00. The molecule has 188 valence electrons. The lowest BCUT2D eigenvalue weighted by molar-refractivity contribution is -0.180. The molecule has 6 rings (SSSR count). The summed E-state index contributed by atoms with van der Waals surface area (Å²) in [6.07, 6.45) is 9.32. The summed E-state index contributed by atoms with van der Waals surface area (Å²) in [5, 5.41) is 0.255. The topological polar surface area (TPSA) is 40.2 Å². The van der Waals surface area contributed by atoms with Gasteiger partial charge < -0.3 is 18.6 Å². The molecule has 2 aliphatic heterocycles. The Hall–Kier alpha value is 0.0569. The second-order valence-corrected chi connectivity index (χ2v) is 19.8. The van der Waals surface area contributed by atoms with Gasteiger partial charge in [-0.05, 0) is 99.1 Å². The summed E-state index contributed by atoms with van der Waals surface area (Å²) in [6, 6.07) is 0. The number of ether oxygens (including phenoxy) is 3. The zero-order chi connectivity index (χ0) is 23.8. The van der Waals surface area contributed by atoms with Crippen LogP contribution in [0.15, 0.2) is 0 Å². The molecule has 2 heterocycles. The Kier molecular flexibility index (Phi) is 4.89. The third kappa shape index (κ3) is 3.21. The predicted molar refractivity (Wildman–Crippen MR) is 132 cm³/mol. The first-order valence-corrected chi connectivity index (χ1v) is 16.8. The van der Waals surface area contributed by atoms with E-state index in [0.29, 0.717) is 41.5 Å². The van der Waals surface area contributed by atoms with E-state index in [2.05, 4.69) is 61.6 Å². The minimum Gasteiger partial charge on any atom is -0.413 e. The molecular weight excluding hydrogens is 428 g/mol. The van der Waals surface area contributed by atoms with Gasteiger partial charge in [0.1, 0.15) is 0 Å². The highest BCUT2D eigenvalue weighted by atomic mass is 28.4. The maximum Gasteiger partial charge on any atom is 0.192 e. The van der Waals surface area contributed by atoms with Crippen LogP contribution in [-0.2, 0) is 18.6 Å². The van der Waals surface area contributed by atoms with E-state index in [4.69, 9.17) is 18.6 Å². The SMILES string of the molecule is CC1(C)O[C@@H]2C3C(CC[C@@]4(C)C3CC[C@@H]4O[Si](C)(C)C(C)(C)C)[C@@]3(C)CC[C@H]4O[C@H]4C3[C@H]2O1. The molecule has 6 aliphatic rings. The van der Waals surface area contributed by atoms with Gasteiger partial charge in [0.2, 0.25) is 0 Å². The maximum atomic E-state index is 7.17. The van der Waals surface area contributed by atoms with Crippen molar-refractivity contribution >= 4 is 8.32 Å². The number of epoxide rings is 1. The van der Waals surface area contributed by atoms with Gasteiger partial charge in [-0.2, -0.15) is 0 Å². The van der Waals surface area contributed by atoms with Gasteiger partial charge in [0.25, 0.3) is 0 Å². The lowest BCUT2D eigenvalue weighted by Crippen LogP contribution is -2.64. The van der Waals surface area contributed by atoms with Crippen LogP contribution in [0.5, 0.6) is 0 Å². The average Bonchev–Trinajstić information content (AvgIpc) is 3.29. The Balaban J connectivity index is 1.35. The van der Waals surface area contributed by atoms with Gasteiger partial charge in [0.05, 0.1) is 30.5 Å². The first kappa shape index (κ1) is 23.5. The molecule has 0 spiro atoms. The van der Waals surface area contributed by atoms with E-state index in [1.165, 1.54) is 38.5 Å². The molecule has 0 N–H and O–H groups in total. The highest BCUT2D eigenvalue weighted by Gasteiger charge is 2.73. The Labute approximate surface area is 203 Å². The molecule has 4 saturated carbocycles. The van der Waals surface area contributed by atoms with Gasteiger partial charge in [-0.25, -0.2) is 0 Å². The van der Waals surface area contributed by atoms with Gasteiger partial charge in [0.15, 0.2) is 14.1 Å². The van der Waals surface area contributed by atoms with Crippen molar-refractivity contribution < 1.29 is 18.6 Å². The number of fused-ring (bicyclic) bond motifs is 10. The van der Waals surface area contributed by atoms with Crippen molar-refractivity contribution in [3.8, 4) is 0 Å². The van der Waals surface area contributed by atoms with Crippen LogP contribution in [0.4, 0.5) is 0 Å². The Morgan fingerprint density at radius 3 is 2.12 bits per heavy atom. The van der Waals surface area contributed by atoms with E-state index in [1.807, 2.05) is 0 Å². The highest BCUT2D eigenvalue weighted by Crippen LogP contribution is 2.70. The molecule has 6 fully saturated rings. The lowest BCUT2D eigenvalue weighted by atomic mass is 9.44. The molecule has 4 aliphatic carbocycles. The summed E-state index contributed by atoms with van der Waals surface area (Å²) in [7, 11) is -1.81. The van der Waals surface area contributed by atoms with Crippen molar-refractivity contribution in [2.45, 2.75) is 141 Å². The molecule has 4 unspecified atom stereocenters. The number of hydrogen-bond donors (Lipinski definition) is 0. The zero-order valence-electron chi connectivity index (χ0n) is 22.6. The molecule has 2 saturated heterocycles. The summed E-state index contributed by atoms with van der Waals surface area (Å²) in [6.45, 7) is 21.4. The summed E-state index contributed by atoms with van der Waals surface area (Å²) in [4.78, 5) is 0. The van der Waals surface area contributed by atoms with Gasteiger partial charge in [-0.1, -0.05) is 34.6 Å². The molecule has 0 bridgehead atoms. The molecule has 0 amide bonds. The van der Waals surface area contributed by atoms with E-state index in [-0.39, 0.29) is 22.7 Å². The van der Waals surface area contributed by atoms with Gasteiger partial charge in [-0.15, -0.1) is 0 Å². The lowest BCUT2D eigenvalue weighted by Gasteiger charge is -2.62. The predicted octanol–water partition coefficient (Wildman–Crippen LogP) is 6.54. The average molecular weight is 477 g/mol. The van der Waals surface area contributed by atoms with E-state index in [1.54, 1.807) is 0 Å². The fourth-order valence-corrected chi connectivity index (χ4v) is 10.6. The van der Waals surface area contributed by atoms with Gasteiger partial charge in [0, 0.05) is 5.92 Å². The molecule has 4 nitrogen and oxygen atoms in total. The Morgan fingerprint density at radius 2 is 1.42 bits per heavy atom. The smallest absolute Gasteiger partial charge is 0.192 e. The summed E-state index contributed by atoms with van der Waals surface area (Å²) in [5.74, 6) is 1.98. The molecule has 0 radical (unpaired) electrons. The van der Waals surface area contributed by atoms with Crippen molar-refractivity contribution in [1.82, 2.24) is 0 Å². The molecule has 33 heavy (non-hydrogen) atoms. The molecule has 11 atom stereocenters. The molecule has 0 aromatic heterocycles. The van der Waals surface area contributed by atoms with Crippen molar-refractivity contribution in [2.75, 3.05) is 0 Å². The van der Waals surface area contributed by atoms with Crippen LogP contribution in [-0.4, -0.2) is 44.6 Å². The molecule has 5 heteroatoms. The van der Waals surface area contributed by atoms with Crippen LogP contribution in [0.2, 0.25) is 18.1 Å². The van der Waals surface area contributed by atoms with E-state index < -0.39 is 14.1 Å². The minimum atomic E-state index is -1.81. The summed E-state index contributed by atoms with van der Waals surface area (Å²) < 4.78 is 27.0. The third-order valence-electron chi connectivity index (χ3n) is 11.9. The van der Waals surface area contributed by atoms with Crippen LogP contribution >= 0.6 is 0 Å². The van der Waals surface area contributed by atoms with Crippen molar-refractivity contribution in [3.63, 3.8) is 0 Å². The minimum absolute atomic E-state index is 0.184. The van der Waals surface area contributed by atoms with E-state index in [0.717, 1.165) is 5.92 Å². The normalized spacial score (nSPS) is 54.6. The van der Waals surface area contributed by atoms with Crippen molar-refractivity contribution in [1.29, 1.82) is 0 Å². The van der Waals surface area contributed by atoms with E-state index >= 15 is 0 Å². The summed E-state index contributed by atoms with van der Waals surface area (Å²) >= 11 is 0.